The first-order valence-electron chi connectivity index (χ1n) is 12.8. The number of allylic oxidation sites excluding steroid dienone is 1. The maximum Gasteiger partial charge on any atom is -0.00884 e. The van der Waals surface area contributed by atoms with Gasteiger partial charge in [0.05, 0.1) is 0 Å². The molecule has 0 radical (unpaired) electrons. The number of rotatable bonds is 10. The summed E-state index contributed by atoms with van der Waals surface area (Å²) in [5.41, 5.74) is 2.46. The molecule has 0 aromatic rings. The normalized spacial score (nSPS) is 34.9. The topological polar surface area (TPSA) is 0 Å². The van der Waals surface area contributed by atoms with Gasteiger partial charge in [-0.15, -0.1) is 0 Å². The van der Waals surface area contributed by atoms with Gasteiger partial charge in [-0.2, -0.15) is 0 Å². The van der Waals surface area contributed by atoms with Crippen LogP contribution >= 0.6 is 0 Å². The van der Waals surface area contributed by atoms with E-state index < -0.39 is 0 Å². The molecule has 0 spiro atoms. The second kappa shape index (κ2) is 10.9. The Morgan fingerprint density at radius 3 is 2.31 bits per heavy atom. The fourth-order valence-corrected chi connectivity index (χ4v) is 7.97. The molecule has 0 nitrogen and oxygen atoms in total. The average Bonchev–Trinajstić information content (AvgIpc) is 2.99. The highest BCUT2D eigenvalue weighted by Crippen LogP contribution is 2.64. The van der Waals surface area contributed by atoms with E-state index in [-0.39, 0.29) is 7.43 Å². The molecule has 2 saturated carbocycles. The van der Waals surface area contributed by atoms with Gasteiger partial charge in [-0.25, -0.2) is 0 Å². The molecule has 2 aliphatic rings. The fourth-order valence-electron chi connectivity index (χ4n) is 7.97. The maximum atomic E-state index is 4.57. The molecule has 172 valence electrons. The molecule has 0 heterocycles. The first-order chi connectivity index (χ1) is 13.1. The van der Waals surface area contributed by atoms with E-state index in [2.05, 4.69) is 62.0 Å². The van der Waals surface area contributed by atoms with Crippen LogP contribution in [0.25, 0.3) is 0 Å². The van der Waals surface area contributed by atoms with Gasteiger partial charge in [0.2, 0.25) is 0 Å². The number of hydrogen-bond donors (Lipinski definition) is 0. The molecule has 2 rings (SSSR count). The summed E-state index contributed by atoms with van der Waals surface area (Å²) in [6.45, 7) is 24.4. The molecule has 2 fully saturated rings. The second-order valence-electron chi connectivity index (χ2n) is 11.7. The van der Waals surface area contributed by atoms with Gasteiger partial charge in [-0.3, -0.25) is 0 Å². The minimum absolute atomic E-state index is 0. The minimum Gasteiger partial charge on any atom is -0.0993 e. The van der Waals surface area contributed by atoms with Crippen molar-refractivity contribution in [2.45, 2.75) is 127 Å². The SMILES string of the molecule is C.C=C(CC)C(C)(CCC)C1CCC2(C)C(C(C)CCCC(C)C)CCC2C1C. The molecule has 0 N–H and O–H groups in total. The van der Waals surface area contributed by atoms with E-state index in [1.165, 1.54) is 63.4 Å². The van der Waals surface area contributed by atoms with Crippen molar-refractivity contribution in [2.75, 3.05) is 0 Å². The lowest BCUT2D eigenvalue weighted by Crippen LogP contribution is -2.46. The Morgan fingerprint density at radius 1 is 1.10 bits per heavy atom. The molecular formula is C29H56. The van der Waals surface area contributed by atoms with Crippen LogP contribution in [0.1, 0.15) is 127 Å². The zero-order valence-electron chi connectivity index (χ0n) is 20.7. The van der Waals surface area contributed by atoms with Gasteiger partial charge in [0, 0.05) is 0 Å². The monoisotopic (exact) mass is 404 g/mol. The van der Waals surface area contributed by atoms with Gasteiger partial charge in [-0.1, -0.05) is 101 Å². The predicted molar refractivity (Wildman–Crippen MR) is 133 cm³/mol. The molecule has 0 saturated heterocycles. The van der Waals surface area contributed by atoms with Gasteiger partial charge >= 0.3 is 0 Å². The Bertz CT molecular complexity index is 502. The van der Waals surface area contributed by atoms with Crippen LogP contribution in [0.4, 0.5) is 0 Å². The Labute approximate surface area is 185 Å². The van der Waals surface area contributed by atoms with Gasteiger partial charge in [0.25, 0.3) is 0 Å². The van der Waals surface area contributed by atoms with Crippen LogP contribution in [0.15, 0.2) is 12.2 Å². The van der Waals surface area contributed by atoms with Crippen molar-refractivity contribution in [3.63, 3.8) is 0 Å². The first-order valence-corrected chi connectivity index (χ1v) is 12.8. The first kappa shape index (κ1) is 26.8. The third-order valence-electron chi connectivity index (χ3n) is 9.70. The molecule has 0 aromatic carbocycles. The van der Waals surface area contributed by atoms with Gasteiger partial charge < -0.3 is 0 Å². The highest BCUT2D eigenvalue weighted by molar-refractivity contribution is 5.14. The van der Waals surface area contributed by atoms with Crippen LogP contribution < -0.4 is 0 Å². The van der Waals surface area contributed by atoms with Crippen LogP contribution in [0.5, 0.6) is 0 Å². The average molecular weight is 405 g/mol. The summed E-state index contributed by atoms with van der Waals surface area (Å²) in [6.07, 6.45) is 13.9. The van der Waals surface area contributed by atoms with Crippen LogP contribution in [-0.4, -0.2) is 0 Å². The predicted octanol–water partition coefficient (Wildman–Crippen LogP) is 9.94. The standard InChI is InChI=1S/C28H52.CH4/c1-10-18-27(8,22(6)11-2)26-17-19-28(9)24(15-16-25(28)23(26)7)21(5)14-12-13-20(3)4;/h20-21,23-26H,6,10-19H2,1-5,7-9H3;1H4. The summed E-state index contributed by atoms with van der Waals surface area (Å²) in [5, 5.41) is 0. The summed E-state index contributed by atoms with van der Waals surface area (Å²) < 4.78 is 0. The Hall–Kier alpha value is -0.260. The molecule has 0 bridgehead atoms. The van der Waals surface area contributed by atoms with Crippen molar-refractivity contribution in [2.24, 2.45) is 46.3 Å². The van der Waals surface area contributed by atoms with E-state index in [9.17, 15) is 0 Å². The Kier molecular flexibility index (Phi) is 10.0. The summed E-state index contributed by atoms with van der Waals surface area (Å²) in [6, 6.07) is 0. The fraction of sp³-hybridized carbons (Fsp3) is 0.931. The van der Waals surface area contributed by atoms with Crippen LogP contribution in [0.2, 0.25) is 0 Å². The second-order valence-corrected chi connectivity index (χ2v) is 11.7. The van der Waals surface area contributed by atoms with Crippen molar-refractivity contribution in [1.82, 2.24) is 0 Å². The van der Waals surface area contributed by atoms with Crippen molar-refractivity contribution in [1.29, 1.82) is 0 Å². The molecule has 7 unspecified atom stereocenters. The van der Waals surface area contributed by atoms with E-state index in [0.29, 0.717) is 10.8 Å². The lowest BCUT2D eigenvalue weighted by Gasteiger charge is -2.54. The van der Waals surface area contributed by atoms with E-state index in [1.54, 1.807) is 0 Å². The van der Waals surface area contributed by atoms with Gasteiger partial charge in [0.1, 0.15) is 0 Å². The van der Waals surface area contributed by atoms with Gasteiger partial charge in [-0.05, 0) is 84.9 Å². The molecule has 7 atom stereocenters. The highest BCUT2D eigenvalue weighted by Gasteiger charge is 2.56. The zero-order chi connectivity index (χ0) is 21.1. The lowest BCUT2D eigenvalue weighted by molar-refractivity contribution is -0.0341. The largest absolute Gasteiger partial charge is 0.0993 e. The van der Waals surface area contributed by atoms with E-state index in [1.807, 2.05) is 0 Å². The quantitative estimate of drug-likeness (QED) is 0.318. The number of fused-ring (bicyclic) bond motifs is 1. The summed E-state index contributed by atoms with van der Waals surface area (Å²) in [4.78, 5) is 0. The van der Waals surface area contributed by atoms with Crippen LogP contribution in [0, 0.1) is 46.3 Å². The van der Waals surface area contributed by atoms with Crippen molar-refractivity contribution < 1.29 is 0 Å². The Morgan fingerprint density at radius 2 is 1.76 bits per heavy atom. The summed E-state index contributed by atoms with van der Waals surface area (Å²) in [7, 11) is 0. The Balaban J connectivity index is 0.00000420. The van der Waals surface area contributed by atoms with Crippen molar-refractivity contribution >= 4 is 0 Å². The smallest absolute Gasteiger partial charge is 0.00884 e. The molecule has 0 aromatic heterocycles. The third-order valence-corrected chi connectivity index (χ3v) is 9.70. The minimum atomic E-state index is 0. The van der Waals surface area contributed by atoms with E-state index in [0.717, 1.165) is 41.9 Å². The summed E-state index contributed by atoms with van der Waals surface area (Å²) in [5.74, 6) is 5.35. The van der Waals surface area contributed by atoms with Crippen molar-refractivity contribution in [3.8, 4) is 0 Å². The zero-order valence-corrected chi connectivity index (χ0v) is 20.7. The molecule has 0 heteroatoms. The van der Waals surface area contributed by atoms with E-state index in [4.69, 9.17) is 0 Å². The highest BCUT2D eigenvalue weighted by atomic mass is 14.6. The van der Waals surface area contributed by atoms with Crippen LogP contribution in [-0.2, 0) is 0 Å². The molecule has 2 aliphatic carbocycles. The molecular weight excluding hydrogens is 348 g/mol. The molecule has 0 aliphatic heterocycles. The number of hydrogen-bond acceptors (Lipinski definition) is 0. The van der Waals surface area contributed by atoms with Crippen molar-refractivity contribution in [3.05, 3.63) is 12.2 Å². The summed E-state index contributed by atoms with van der Waals surface area (Å²) >= 11 is 0. The maximum absolute atomic E-state index is 4.57. The van der Waals surface area contributed by atoms with Crippen LogP contribution in [0.3, 0.4) is 0 Å². The lowest BCUT2D eigenvalue weighted by atomic mass is 9.51. The third kappa shape index (κ3) is 5.33. The van der Waals surface area contributed by atoms with E-state index >= 15 is 0 Å². The molecule has 0 amide bonds. The van der Waals surface area contributed by atoms with Gasteiger partial charge in [0.15, 0.2) is 0 Å². The molecule has 29 heavy (non-hydrogen) atoms.